The van der Waals surface area contributed by atoms with E-state index in [-0.39, 0.29) is 6.04 Å². The second-order valence-corrected chi connectivity index (χ2v) is 4.12. The van der Waals surface area contributed by atoms with Crippen LogP contribution in [0.25, 0.3) is 0 Å². The molecule has 0 saturated heterocycles. The van der Waals surface area contributed by atoms with Gasteiger partial charge in [0.1, 0.15) is 0 Å². The van der Waals surface area contributed by atoms with Gasteiger partial charge in [0.2, 0.25) is 0 Å². The van der Waals surface area contributed by atoms with Crippen LogP contribution in [0.15, 0.2) is 30.6 Å². The van der Waals surface area contributed by atoms with Gasteiger partial charge in [-0.3, -0.25) is 20.9 Å². The maximum atomic E-state index is 5.62. The third kappa shape index (κ3) is 2.69. The number of hydrazine groups is 1. The third-order valence-electron chi connectivity index (χ3n) is 2.76. The maximum absolute atomic E-state index is 5.62. The number of pyridine rings is 1. The first kappa shape index (κ1) is 11.8. The summed E-state index contributed by atoms with van der Waals surface area (Å²) in [5, 5.41) is 4.33. The van der Waals surface area contributed by atoms with E-state index in [1.54, 1.807) is 6.20 Å². The van der Waals surface area contributed by atoms with Crippen LogP contribution in [-0.2, 0) is 13.5 Å². The second kappa shape index (κ2) is 5.07. The predicted octanol–water partition coefficient (Wildman–Crippen LogP) is 0.871. The molecule has 2 aromatic rings. The van der Waals surface area contributed by atoms with E-state index in [1.165, 1.54) is 0 Å². The number of aryl methyl sites for hydroxylation is 2. The minimum absolute atomic E-state index is 0.0467. The zero-order valence-electron chi connectivity index (χ0n) is 10.1. The van der Waals surface area contributed by atoms with Crippen molar-refractivity contribution in [2.45, 2.75) is 19.4 Å². The van der Waals surface area contributed by atoms with Crippen LogP contribution in [0.4, 0.5) is 0 Å². The molecule has 17 heavy (non-hydrogen) atoms. The van der Waals surface area contributed by atoms with Crippen LogP contribution in [0.1, 0.15) is 23.0 Å². The highest BCUT2D eigenvalue weighted by Gasteiger charge is 2.15. The lowest BCUT2D eigenvalue weighted by Crippen LogP contribution is -2.31. The van der Waals surface area contributed by atoms with E-state index in [1.807, 2.05) is 43.0 Å². The van der Waals surface area contributed by atoms with Crippen molar-refractivity contribution in [3.05, 3.63) is 47.5 Å². The van der Waals surface area contributed by atoms with E-state index < -0.39 is 0 Å². The van der Waals surface area contributed by atoms with Crippen LogP contribution in [0, 0.1) is 6.92 Å². The lowest BCUT2D eigenvalue weighted by Gasteiger charge is -2.15. The van der Waals surface area contributed by atoms with E-state index in [0.717, 1.165) is 23.4 Å². The predicted molar refractivity (Wildman–Crippen MR) is 66.0 cm³/mol. The number of rotatable bonds is 4. The number of hydrogen-bond acceptors (Lipinski definition) is 4. The van der Waals surface area contributed by atoms with Crippen LogP contribution in [0.5, 0.6) is 0 Å². The quantitative estimate of drug-likeness (QED) is 0.605. The lowest BCUT2D eigenvalue weighted by molar-refractivity contribution is 0.508. The summed E-state index contributed by atoms with van der Waals surface area (Å²) in [6, 6.07) is 6.06. The van der Waals surface area contributed by atoms with Gasteiger partial charge in [0.25, 0.3) is 0 Å². The molecule has 0 spiro atoms. The van der Waals surface area contributed by atoms with Gasteiger partial charge in [0.05, 0.1) is 17.4 Å². The molecule has 90 valence electrons. The first-order valence-electron chi connectivity index (χ1n) is 5.56. The molecule has 0 aliphatic heterocycles. The zero-order chi connectivity index (χ0) is 12.3. The van der Waals surface area contributed by atoms with Crippen LogP contribution in [-0.4, -0.2) is 14.8 Å². The molecule has 5 heteroatoms. The Morgan fingerprint density at radius 2 is 2.35 bits per heavy atom. The molecule has 1 unspecified atom stereocenters. The first-order valence-corrected chi connectivity index (χ1v) is 5.56. The average Bonchev–Trinajstić information content (AvgIpc) is 2.67. The van der Waals surface area contributed by atoms with Crippen LogP contribution in [0.2, 0.25) is 0 Å². The normalized spacial score (nSPS) is 12.6. The highest BCUT2D eigenvalue weighted by atomic mass is 15.3. The third-order valence-corrected chi connectivity index (χ3v) is 2.76. The van der Waals surface area contributed by atoms with E-state index in [0.29, 0.717) is 0 Å². The molecular weight excluding hydrogens is 214 g/mol. The van der Waals surface area contributed by atoms with E-state index in [9.17, 15) is 0 Å². The van der Waals surface area contributed by atoms with Gasteiger partial charge < -0.3 is 0 Å². The van der Waals surface area contributed by atoms with Crippen molar-refractivity contribution in [1.29, 1.82) is 0 Å². The van der Waals surface area contributed by atoms with Crippen LogP contribution in [0.3, 0.4) is 0 Å². The van der Waals surface area contributed by atoms with Gasteiger partial charge in [-0.2, -0.15) is 5.10 Å². The van der Waals surface area contributed by atoms with Crippen molar-refractivity contribution in [3.63, 3.8) is 0 Å². The number of aromatic nitrogens is 3. The molecule has 0 aliphatic rings. The highest BCUT2D eigenvalue weighted by molar-refractivity contribution is 5.18. The van der Waals surface area contributed by atoms with Gasteiger partial charge in [-0.05, 0) is 31.0 Å². The van der Waals surface area contributed by atoms with Crippen molar-refractivity contribution >= 4 is 0 Å². The summed E-state index contributed by atoms with van der Waals surface area (Å²) in [7, 11) is 1.93. The summed E-state index contributed by atoms with van der Waals surface area (Å²) in [5.74, 6) is 5.62. The smallest absolute Gasteiger partial charge is 0.0669 e. The zero-order valence-corrected chi connectivity index (χ0v) is 10.1. The molecule has 0 radical (unpaired) electrons. The average molecular weight is 231 g/mol. The molecule has 0 fully saturated rings. The van der Waals surface area contributed by atoms with Crippen molar-refractivity contribution in [2.24, 2.45) is 12.9 Å². The largest absolute Gasteiger partial charge is 0.271 e. The van der Waals surface area contributed by atoms with Gasteiger partial charge >= 0.3 is 0 Å². The number of nitrogens with two attached hydrogens (primary N) is 1. The van der Waals surface area contributed by atoms with Crippen LogP contribution >= 0.6 is 0 Å². The lowest BCUT2D eigenvalue weighted by atomic mass is 10.1. The summed E-state index contributed by atoms with van der Waals surface area (Å²) in [5.41, 5.74) is 6.05. The molecule has 3 N–H and O–H groups in total. The Balaban J connectivity index is 2.20. The monoisotopic (exact) mass is 231 g/mol. The van der Waals surface area contributed by atoms with Crippen molar-refractivity contribution in [1.82, 2.24) is 20.2 Å². The number of hydrogen-bond donors (Lipinski definition) is 2. The van der Waals surface area contributed by atoms with E-state index in [2.05, 4.69) is 15.5 Å². The Morgan fingerprint density at radius 1 is 1.53 bits per heavy atom. The topological polar surface area (TPSA) is 68.8 Å². The summed E-state index contributed by atoms with van der Waals surface area (Å²) in [4.78, 5) is 4.10. The summed E-state index contributed by atoms with van der Waals surface area (Å²) in [6.07, 6.45) is 4.42. The highest BCUT2D eigenvalue weighted by Crippen LogP contribution is 2.17. The Labute approximate surface area is 101 Å². The molecule has 2 rings (SSSR count). The van der Waals surface area contributed by atoms with Gasteiger partial charge in [0, 0.05) is 19.4 Å². The molecule has 5 nitrogen and oxygen atoms in total. The van der Waals surface area contributed by atoms with E-state index >= 15 is 0 Å². The van der Waals surface area contributed by atoms with E-state index in [4.69, 9.17) is 5.84 Å². The van der Waals surface area contributed by atoms with Gasteiger partial charge in [-0.25, -0.2) is 0 Å². The molecular formula is C12H17N5. The SMILES string of the molecule is Cc1cc(C(Cc2cccnc2)NN)n(C)n1. The summed E-state index contributed by atoms with van der Waals surface area (Å²) in [6.45, 7) is 1.97. The fourth-order valence-electron chi connectivity index (χ4n) is 1.96. The Morgan fingerprint density at radius 3 is 2.88 bits per heavy atom. The van der Waals surface area contributed by atoms with Gasteiger partial charge in [-0.15, -0.1) is 0 Å². The first-order chi connectivity index (χ1) is 8.20. The molecule has 2 heterocycles. The molecule has 1 atom stereocenters. The molecule has 0 amide bonds. The van der Waals surface area contributed by atoms with Crippen molar-refractivity contribution in [3.8, 4) is 0 Å². The number of nitrogens with one attached hydrogen (secondary N) is 1. The Bertz CT molecular complexity index is 477. The minimum Gasteiger partial charge on any atom is -0.271 e. The van der Waals surface area contributed by atoms with Crippen molar-refractivity contribution in [2.75, 3.05) is 0 Å². The van der Waals surface area contributed by atoms with Crippen LogP contribution < -0.4 is 11.3 Å². The summed E-state index contributed by atoms with van der Waals surface area (Å²) < 4.78 is 1.86. The summed E-state index contributed by atoms with van der Waals surface area (Å²) >= 11 is 0. The molecule has 0 aromatic carbocycles. The maximum Gasteiger partial charge on any atom is 0.0669 e. The second-order valence-electron chi connectivity index (χ2n) is 4.12. The molecule has 0 saturated carbocycles. The van der Waals surface area contributed by atoms with Crippen molar-refractivity contribution < 1.29 is 0 Å². The fraction of sp³-hybridized carbons (Fsp3) is 0.333. The Hall–Kier alpha value is -1.72. The van der Waals surface area contributed by atoms with Gasteiger partial charge in [0.15, 0.2) is 0 Å². The molecule has 2 aromatic heterocycles. The Kier molecular flexibility index (Phi) is 3.51. The van der Waals surface area contributed by atoms with Gasteiger partial charge in [-0.1, -0.05) is 6.07 Å². The minimum atomic E-state index is 0.0467. The number of nitrogens with zero attached hydrogens (tertiary/aromatic N) is 3. The molecule has 0 aliphatic carbocycles. The standard InChI is InChI=1S/C12H17N5/c1-9-6-12(17(2)16-9)11(15-13)7-10-4-3-5-14-8-10/h3-6,8,11,15H,7,13H2,1-2H3. The fourth-order valence-corrected chi connectivity index (χ4v) is 1.96. The molecule has 0 bridgehead atoms.